The van der Waals surface area contributed by atoms with E-state index in [1.54, 1.807) is 0 Å². The molecule has 2 aliphatic rings. The molecule has 0 N–H and O–H groups in total. The van der Waals surface area contributed by atoms with Gasteiger partial charge in [-0.15, -0.1) is 0 Å². The van der Waals surface area contributed by atoms with Crippen molar-refractivity contribution in [2.24, 2.45) is 0 Å². The summed E-state index contributed by atoms with van der Waals surface area (Å²) in [5.41, 5.74) is 0. The van der Waals surface area contributed by atoms with Crippen molar-refractivity contribution < 1.29 is 8.82 Å². The van der Waals surface area contributed by atoms with Crippen LogP contribution in [-0.4, -0.2) is 29.3 Å². The van der Waals surface area contributed by atoms with E-state index in [4.69, 9.17) is 0 Å². The Kier molecular flexibility index (Phi) is 1.50. The van der Waals surface area contributed by atoms with Gasteiger partial charge in [-0.05, 0) is 6.92 Å². The highest BCUT2D eigenvalue weighted by atomic mass is 31.2. The molecule has 0 aliphatic carbocycles. The average Bonchev–Trinajstić information content (AvgIpc) is 2.45. The Balaban J connectivity index is 2.28. The largest absolute Gasteiger partial charge is 0.303 e. The normalized spacial score (nSPS) is 54.2. The van der Waals surface area contributed by atoms with Crippen LogP contribution >= 0.6 is 7.29 Å². The van der Waals surface area contributed by atoms with E-state index in [2.05, 4.69) is 13.8 Å². The Bertz CT molecular complexity index is 228. The molecule has 3 unspecified atom stereocenters. The van der Waals surface area contributed by atoms with Gasteiger partial charge in [0.1, 0.15) is 0 Å². The van der Waals surface area contributed by atoms with Crippen LogP contribution < -0.4 is 0 Å². The summed E-state index contributed by atoms with van der Waals surface area (Å²) in [7, 11) is -1.70. The number of hydrogen-bond donors (Lipinski definition) is 0. The quantitative estimate of drug-likeness (QED) is 0.463. The topological polar surface area (TPSA) is 17.1 Å². The molecule has 0 amide bonds. The molecule has 0 spiro atoms. The van der Waals surface area contributed by atoms with Gasteiger partial charge in [0, 0.05) is 12.8 Å². The molecule has 0 aromatic carbocycles. The average molecular weight is 174 g/mol. The smallest absolute Gasteiger partial charge is 0.267 e. The van der Waals surface area contributed by atoms with Crippen LogP contribution in [0, 0.1) is 0 Å². The van der Waals surface area contributed by atoms with Crippen molar-refractivity contribution in [1.29, 1.82) is 0 Å². The van der Waals surface area contributed by atoms with Gasteiger partial charge in [0.25, 0.3) is 0 Å². The lowest BCUT2D eigenvalue weighted by atomic mass is 10.4. The summed E-state index contributed by atoms with van der Waals surface area (Å²) in [6.45, 7) is 6.59. The van der Waals surface area contributed by atoms with E-state index in [9.17, 15) is 4.57 Å². The minimum Gasteiger partial charge on any atom is -0.267 e. The lowest BCUT2D eigenvalue weighted by Crippen LogP contribution is -2.23. The second-order valence-electron chi connectivity index (χ2n) is 3.72. The fourth-order valence-electron chi connectivity index (χ4n) is 2.98. The highest BCUT2D eigenvalue weighted by Gasteiger charge is 2.76. The van der Waals surface area contributed by atoms with Crippen molar-refractivity contribution in [1.82, 2.24) is 0 Å². The van der Waals surface area contributed by atoms with Gasteiger partial charge in [0.05, 0.1) is 19.3 Å². The molecule has 0 aromatic rings. The third kappa shape index (κ3) is 0.660. The second kappa shape index (κ2) is 2.11. The molecule has 0 bridgehead atoms. The predicted octanol–water partition coefficient (Wildman–Crippen LogP) is 2.25. The summed E-state index contributed by atoms with van der Waals surface area (Å²) in [6.07, 6.45) is 3.48. The molecule has 3 atom stereocenters. The van der Waals surface area contributed by atoms with E-state index in [1.165, 1.54) is 19.4 Å². The first-order valence-corrected chi connectivity index (χ1v) is 6.58. The lowest BCUT2D eigenvalue weighted by Gasteiger charge is -2.13. The fourth-order valence-corrected chi connectivity index (χ4v) is 7.38. The number of quaternary nitrogens is 1. The van der Waals surface area contributed by atoms with Gasteiger partial charge in [-0.25, -0.2) is 0 Å². The number of nitrogens with zero attached hydrogens (tertiary/aromatic N) is 1. The van der Waals surface area contributed by atoms with Gasteiger partial charge in [0.15, 0.2) is 5.78 Å². The zero-order valence-corrected chi connectivity index (χ0v) is 8.31. The minimum atomic E-state index is -1.70. The van der Waals surface area contributed by atoms with Crippen molar-refractivity contribution in [3.8, 4) is 0 Å². The summed E-state index contributed by atoms with van der Waals surface area (Å²) < 4.78 is 13.2. The first-order chi connectivity index (χ1) is 5.21. The van der Waals surface area contributed by atoms with Crippen molar-refractivity contribution in [3.05, 3.63) is 0 Å². The maximum Gasteiger partial charge on any atom is 0.303 e. The van der Waals surface area contributed by atoms with Crippen LogP contribution in [0.4, 0.5) is 0 Å². The molecule has 2 heterocycles. The molecule has 64 valence electrons. The minimum absolute atomic E-state index is 0.595. The van der Waals surface area contributed by atoms with Crippen LogP contribution in [0.1, 0.15) is 26.7 Å². The van der Waals surface area contributed by atoms with Gasteiger partial charge in [0.2, 0.25) is 0 Å². The Morgan fingerprint density at radius 1 is 1.55 bits per heavy atom. The van der Waals surface area contributed by atoms with Gasteiger partial charge in [-0.3, -0.25) is 8.82 Å². The SMILES string of the molecule is CC[N+]12CCCC1P2(=O)CC. The molecular formula is C8H17NOP+. The summed E-state index contributed by atoms with van der Waals surface area (Å²) in [5, 5.41) is 0. The van der Waals surface area contributed by atoms with Crippen LogP contribution in [0.3, 0.4) is 0 Å². The lowest BCUT2D eigenvalue weighted by molar-refractivity contribution is -0.740. The van der Waals surface area contributed by atoms with Gasteiger partial charge >= 0.3 is 7.29 Å². The van der Waals surface area contributed by atoms with E-state index < -0.39 is 7.29 Å². The van der Waals surface area contributed by atoms with E-state index in [1.807, 2.05) is 0 Å². The van der Waals surface area contributed by atoms with Crippen molar-refractivity contribution in [2.45, 2.75) is 32.5 Å². The summed E-state index contributed by atoms with van der Waals surface area (Å²) >= 11 is 0. The number of fused-ring (bicyclic) bond motifs is 1. The van der Waals surface area contributed by atoms with Gasteiger partial charge < -0.3 is 0 Å². The van der Waals surface area contributed by atoms with Crippen LogP contribution in [0.5, 0.6) is 0 Å². The zero-order valence-electron chi connectivity index (χ0n) is 7.42. The monoisotopic (exact) mass is 174 g/mol. The molecule has 2 saturated heterocycles. The standard InChI is InChI=1S/C8H17NOP/c1-3-9-7-5-6-8(9)11(9,10)4-2/h8H,3-7H2,1-2H3/q+1. The van der Waals surface area contributed by atoms with Crippen LogP contribution in [0.2, 0.25) is 0 Å². The molecule has 0 saturated carbocycles. The fraction of sp³-hybridized carbons (Fsp3) is 1.00. The summed E-state index contributed by atoms with van der Waals surface area (Å²) in [5.74, 6) is 0.595. The van der Waals surface area contributed by atoms with Crippen molar-refractivity contribution in [3.63, 3.8) is 0 Å². The van der Waals surface area contributed by atoms with Crippen LogP contribution in [-0.2, 0) is 4.57 Å². The number of hydrogen-bond acceptors (Lipinski definition) is 1. The van der Waals surface area contributed by atoms with E-state index in [0.717, 1.165) is 17.0 Å². The summed E-state index contributed by atoms with van der Waals surface area (Å²) in [4.78, 5) is 0. The van der Waals surface area contributed by atoms with Gasteiger partial charge in [-0.2, -0.15) is 0 Å². The molecule has 0 aromatic heterocycles. The maximum atomic E-state index is 12.2. The van der Waals surface area contributed by atoms with E-state index in [-0.39, 0.29) is 0 Å². The molecule has 2 fully saturated rings. The maximum absolute atomic E-state index is 12.2. The first-order valence-electron chi connectivity index (χ1n) is 4.67. The van der Waals surface area contributed by atoms with Gasteiger partial charge in [-0.1, -0.05) is 6.92 Å². The second-order valence-corrected chi connectivity index (χ2v) is 7.26. The van der Waals surface area contributed by atoms with Crippen LogP contribution in [0.25, 0.3) is 0 Å². The van der Waals surface area contributed by atoms with E-state index >= 15 is 0 Å². The van der Waals surface area contributed by atoms with E-state index in [0.29, 0.717) is 5.78 Å². The number of rotatable bonds is 2. The Morgan fingerprint density at radius 3 is 2.64 bits per heavy atom. The third-order valence-corrected chi connectivity index (χ3v) is 8.06. The Labute approximate surface area is 68.6 Å². The molecule has 0 radical (unpaired) electrons. The zero-order chi connectivity index (χ0) is 8.11. The molecule has 2 aliphatic heterocycles. The molecule has 11 heavy (non-hydrogen) atoms. The summed E-state index contributed by atoms with van der Waals surface area (Å²) in [6, 6.07) is 0. The molecular weight excluding hydrogens is 157 g/mol. The predicted molar refractivity (Wildman–Crippen MR) is 46.8 cm³/mol. The highest BCUT2D eigenvalue weighted by molar-refractivity contribution is 7.64. The highest BCUT2D eigenvalue weighted by Crippen LogP contribution is 2.82. The third-order valence-electron chi connectivity index (χ3n) is 3.65. The van der Waals surface area contributed by atoms with Crippen LogP contribution in [0.15, 0.2) is 0 Å². The molecule has 2 nitrogen and oxygen atoms in total. The Morgan fingerprint density at radius 2 is 2.27 bits per heavy atom. The molecule has 2 rings (SSSR count). The van der Waals surface area contributed by atoms with Crippen molar-refractivity contribution in [2.75, 3.05) is 19.3 Å². The molecule has 3 heteroatoms. The first kappa shape index (κ1) is 7.82. The van der Waals surface area contributed by atoms with Crippen molar-refractivity contribution >= 4 is 7.29 Å². The Hall–Kier alpha value is 0.190.